The first-order chi connectivity index (χ1) is 43.7. The molecule has 3 aromatic heterocycles. The maximum Gasteiger partial charge on any atom is 0.145 e. The third kappa shape index (κ3) is 8.51. The highest BCUT2D eigenvalue weighted by molar-refractivity contribution is 6.23. The summed E-state index contributed by atoms with van der Waals surface area (Å²) < 4.78 is 4.52. The van der Waals surface area contributed by atoms with Crippen molar-refractivity contribution in [2.45, 2.75) is 0 Å². The predicted molar refractivity (Wildman–Crippen MR) is 370 cm³/mol. The van der Waals surface area contributed by atoms with Crippen molar-refractivity contribution >= 4 is 97.7 Å². The van der Waals surface area contributed by atoms with E-state index in [1.165, 1.54) is 81.7 Å². The van der Waals surface area contributed by atoms with Crippen molar-refractivity contribution in [3.8, 4) is 67.5 Å². The molecule has 18 rings (SSSR count). The predicted octanol–water partition coefficient (Wildman–Crippen LogP) is 21.9. The van der Waals surface area contributed by atoms with Crippen LogP contribution in [-0.2, 0) is 0 Å². The molecule has 0 aliphatic rings. The second-order valence-electron chi connectivity index (χ2n) is 22.6. The smallest absolute Gasteiger partial charge is 0.145 e. The number of para-hydroxylation sites is 5. The average Bonchev–Trinajstić information content (AvgIpc) is 1.39. The molecular weight excluding hydrogens is 1070 g/mol. The number of pyridine rings is 1. The van der Waals surface area contributed by atoms with E-state index in [9.17, 15) is 0 Å². The SMILES string of the molecule is c1ccc(-c2nc3ccccc3n2-c2ccc(-c3c4ccccc4c(-c4ccc5ccccc5c4)c4ccccc34)cc2)cc1.c1ccc(-n2c(-c3ccc(-c4c5ccc6ccccc6c5nc5c4ccc4ccccc45)cc3)nc3ccccc32)cc1. The molecule has 15 aromatic carbocycles. The Bertz CT molecular complexity index is 5580. The number of hydrogen-bond donors (Lipinski definition) is 0. The number of rotatable bonds is 7. The average molecular weight is 1120 g/mol. The monoisotopic (exact) mass is 1120 g/mol. The Morgan fingerprint density at radius 1 is 0.205 bits per heavy atom. The highest BCUT2D eigenvalue weighted by atomic mass is 15.1. The Morgan fingerprint density at radius 3 is 1.09 bits per heavy atom. The van der Waals surface area contributed by atoms with Gasteiger partial charge in [0.05, 0.1) is 33.1 Å². The van der Waals surface area contributed by atoms with Crippen molar-refractivity contribution in [2.24, 2.45) is 0 Å². The van der Waals surface area contributed by atoms with E-state index in [1.807, 2.05) is 18.2 Å². The van der Waals surface area contributed by atoms with E-state index in [1.54, 1.807) is 0 Å². The highest BCUT2D eigenvalue weighted by Crippen LogP contribution is 2.46. The zero-order valence-electron chi connectivity index (χ0n) is 47.8. The molecular formula is C83H53N5. The zero-order chi connectivity index (χ0) is 58.1. The van der Waals surface area contributed by atoms with Gasteiger partial charge < -0.3 is 0 Å². The van der Waals surface area contributed by atoms with Crippen LogP contribution in [0.4, 0.5) is 0 Å². The number of fused-ring (bicyclic) bond motifs is 11. The van der Waals surface area contributed by atoms with Crippen LogP contribution in [0, 0.1) is 0 Å². The van der Waals surface area contributed by atoms with E-state index in [0.29, 0.717) is 0 Å². The maximum absolute atomic E-state index is 5.34. The van der Waals surface area contributed by atoms with Crippen molar-refractivity contribution in [3.05, 3.63) is 322 Å². The van der Waals surface area contributed by atoms with Gasteiger partial charge in [0.25, 0.3) is 0 Å². The van der Waals surface area contributed by atoms with Crippen molar-refractivity contribution in [1.29, 1.82) is 0 Å². The molecule has 410 valence electrons. The molecule has 18 aromatic rings. The number of hydrogen-bond acceptors (Lipinski definition) is 3. The first-order valence-corrected chi connectivity index (χ1v) is 30.0. The lowest BCUT2D eigenvalue weighted by molar-refractivity contribution is 1.10. The summed E-state index contributed by atoms with van der Waals surface area (Å²) in [6.45, 7) is 0. The van der Waals surface area contributed by atoms with Gasteiger partial charge in [0.2, 0.25) is 0 Å². The fourth-order valence-corrected chi connectivity index (χ4v) is 13.5. The molecule has 0 amide bonds. The third-order valence-corrected chi connectivity index (χ3v) is 17.5. The van der Waals surface area contributed by atoms with Crippen LogP contribution < -0.4 is 0 Å². The van der Waals surface area contributed by atoms with E-state index in [-0.39, 0.29) is 0 Å². The van der Waals surface area contributed by atoms with Crippen molar-refractivity contribution < 1.29 is 0 Å². The van der Waals surface area contributed by atoms with Gasteiger partial charge in [0.1, 0.15) is 11.6 Å². The molecule has 0 atom stereocenters. The van der Waals surface area contributed by atoms with Crippen molar-refractivity contribution in [2.75, 3.05) is 0 Å². The van der Waals surface area contributed by atoms with Crippen LogP contribution in [0.3, 0.4) is 0 Å². The van der Waals surface area contributed by atoms with E-state index >= 15 is 0 Å². The second kappa shape index (κ2) is 21.1. The van der Waals surface area contributed by atoms with Gasteiger partial charge in [-0.1, -0.05) is 267 Å². The molecule has 0 N–H and O–H groups in total. The molecule has 0 aliphatic carbocycles. The van der Waals surface area contributed by atoms with E-state index < -0.39 is 0 Å². The number of aromatic nitrogens is 5. The number of nitrogens with zero attached hydrogens (tertiary/aromatic N) is 5. The lowest BCUT2D eigenvalue weighted by Crippen LogP contribution is -1.97. The standard InChI is InChI=1S/C43H28N2.C40H25N3/c1-2-13-31(14-3-1)43-44-39-20-10-11-21-40(39)45(43)34-26-24-30(25-27-34)41-35-16-6-8-18-37(35)42(38-19-9-7-17-36(38)41)33-23-22-29-12-4-5-15-32(29)28-33;1-2-12-30(13-3-1)43-36-17-9-8-16-35(36)41-40(43)29-20-18-28(19-21-29)37-33-24-22-26-10-4-6-14-31(26)38(33)42-39-32-15-7-5-11-27(32)23-25-34(37)39/h1-28H;1-25H. The normalized spacial score (nSPS) is 11.6. The Morgan fingerprint density at radius 2 is 0.557 bits per heavy atom. The first kappa shape index (κ1) is 50.7. The molecule has 3 heterocycles. The summed E-state index contributed by atoms with van der Waals surface area (Å²) in [5.41, 5.74) is 17.9. The minimum Gasteiger partial charge on any atom is -0.292 e. The highest BCUT2D eigenvalue weighted by Gasteiger charge is 2.21. The minimum absolute atomic E-state index is 0.931. The largest absolute Gasteiger partial charge is 0.292 e. The maximum atomic E-state index is 5.34. The summed E-state index contributed by atoms with van der Waals surface area (Å²) in [5, 5.41) is 14.6. The molecule has 0 aliphatic heterocycles. The van der Waals surface area contributed by atoms with Crippen LogP contribution in [0.5, 0.6) is 0 Å². The van der Waals surface area contributed by atoms with Crippen molar-refractivity contribution in [1.82, 2.24) is 24.1 Å². The Balaban J connectivity index is 0.000000137. The molecule has 0 saturated carbocycles. The molecule has 0 unspecified atom stereocenters. The Labute approximate surface area is 508 Å². The van der Waals surface area contributed by atoms with E-state index in [2.05, 4.69) is 312 Å². The molecule has 0 bridgehead atoms. The lowest BCUT2D eigenvalue weighted by atomic mass is 9.85. The molecule has 0 radical (unpaired) electrons. The molecule has 5 nitrogen and oxygen atoms in total. The van der Waals surface area contributed by atoms with Gasteiger partial charge in [-0.05, 0) is 126 Å². The quantitative estimate of drug-likeness (QED) is 0.118. The first-order valence-electron chi connectivity index (χ1n) is 30.0. The second-order valence-corrected chi connectivity index (χ2v) is 22.6. The van der Waals surface area contributed by atoms with Crippen LogP contribution in [0.1, 0.15) is 0 Å². The van der Waals surface area contributed by atoms with Crippen LogP contribution in [0.25, 0.3) is 165 Å². The fraction of sp³-hybridized carbons (Fsp3) is 0. The fourth-order valence-electron chi connectivity index (χ4n) is 13.5. The topological polar surface area (TPSA) is 48.5 Å². The molecule has 5 heteroatoms. The zero-order valence-corrected chi connectivity index (χ0v) is 47.8. The number of imidazole rings is 2. The van der Waals surface area contributed by atoms with Gasteiger partial charge in [-0.15, -0.1) is 0 Å². The molecule has 0 spiro atoms. The van der Waals surface area contributed by atoms with Crippen LogP contribution in [-0.4, -0.2) is 24.1 Å². The van der Waals surface area contributed by atoms with Crippen LogP contribution >= 0.6 is 0 Å². The van der Waals surface area contributed by atoms with Crippen LogP contribution in [0.15, 0.2) is 322 Å². The molecule has 88 heavy (non-hydrogen) atoms. The van der Waals surface area contributed by atoms with Crippen LogP contribution in [0.2, 0.25) is 0 Å². The van der Waals surface area contributed by atoms with Gasteiger partial charge in [-0.25, -0.2) is 15.0 Å². The summed E-state index contributed by atoms with van der Waals surface area (Å²) in [5.74, 6) is 1.88. The Hall–Kier alpha value is -11.8. The van der Waals surface area contributed by atoms with Gasteiger partial charge in [-0.3, -0.25) is 9.13 Å². The molecule has 0 fully saturated rings. The van der Waals surface area contributed by atoms with E-state index in [4.69, 9.17) is 15.0 Å². The minimum atomic E-state index is 0.931. The summed E-state index contributed by atoms with van der Waals surface area (Å²) in [4.78, 5) is 15.5. The molecule has 0 saturated heterocycles. The summed E-state index contributed by atoms with van der Waals surface area (Å²) >= 11 is 0. The Kier molecular flexibility index (Phi) is 12.1. The van der Waals surface area contributed by atoms with Gasteiger partial charge in [0, 0.05) is 49.6 Å². The summed E-state index contributed by atoms with van der Waals surface area (Å²) in [7, 11) is 0. The van der Waals surface area contributed by atoms with Gasteiger partial charge >= 0.3 is 0 Å². The summed E-state index contributed by atoms with van der Waals surface area (Å²) in [6.07, 6.45) is 0. The third-order valence-electron chi connectivity index (χ3n) is 17.5. The number of benzene rings is 15. The van der Waals surface area contributed by atoms with Gasteiger partial charge in [0.15, 0.2) is 0 Å². The van der Waals surface area contributed by atoms with E-state index in [0.717, 1.165) is 83.6 Å². The summed E-state index contributed by atoms with van der Waals surface area (Å²) in [6, 6.07) is 115. The van der Waals surface area contributed by atoms with Gasteiger partial charge in [-0.2, -0.15) is 0 Å². The van der Waals surface area contributed by atoms with Crippen molar-refractivity contribution in [3.63, 3.8) is 0 Å². The lowest BCUT2D eigenvalue weighted by Gasteiger charge is -2.18.